The van der Waals surface area contributed by atoms with Crippen molar-refractivity contribution >= 4 is 22.9 Å². The Morgan fingerprint density at radius 3 is 2.54 bits per heavy atom. The van der Waals surface area contributed by atoms with Crippen LogP contribution in [0.4, 0.5) is 0 Å². The molecule has 3 aromatic rings. The van der Waals surface area contributed by atoms with Crippen molar-refractivity contribution in [1.29, 1.82) is 0 Å². The van der Waals surface area contributed by atoms with Crippen molar-refractivity contribution in [2.45, 2.75) is 26.9 Å². The SMILES string of the molecule is Cc1ccc(OC(C)C(=O)N/N=C/c2ccc3ccccc3c2)cc1C. The minimum absolute atomic E-state index is 0.291. The first-order valence-corrected chi connectivity index (χ1v) is 8.58. The third-order valence-corrected chi connectivity index (χ3v) is 4.32. The molecule has 1 N–H and O–H groups in total. The Hall–Kier alpha value is -3.14. The number of nitrogens with zero attached hydrogens (tertiary/aromatic N) is 1. The third kappa shape index (κ3) is 4.28. The van der Waals surface area contributed by atoms with Gasteiger partial charge in [-0.05, 0) is 66.4 Å². The Balaban J connectivity index is 1.59. The standard InChI is InChI=1S/C22H22N2O2/c1-15-8-11-21(12-16(15)2)26-17(3)22(25)24-23-14-18-9-10-19-6-4-5-7-20(19)13-18/h4-14,17H,1-3H3,(H,24,25)/b23-14+. The Labute approximate surface area is 153 Å². The number of rotatable bonds is 5. The van der Waals surface area contributed by atoms with E-state index in [2.05, 4.69) is 16.6 Å². The average molecular weight is 346 g/mol. The molecule has 3 aromatic carbocycles. The molecule has 1 atom stereocenters. The molecule has 0 fully saturated rings. The van der Waals surface area contributed by atoms with Crippen LogP contribution < -0.4 is 10.2 Å². The molecule has 0 aliphatic carbocycles. The normalized spacial score (nSPS) is 12.3. The van der Waals surface area contributed by atoms with Gasteiger partial charge in [-0.3, -0.25) is 4.79 Å². The fourth-order valence-electron chi connectivity index (χ4n) is 2.59. The van der Waals surface area contributed by atoms with Gasteiger partial charge in [-0.1, -0.05) is 42.5 Å². The predicted molar refractivity (Wildman–Crippen MR) is 106 cm³/mol. The summed E-state index contributed by atoms with van der Waals surface area (Å²) in [6.07, 6.45) is 0.999. The number of nitrogens with one attached hydrogen (secondary N) is 1. The Morgan fingerprint density at radius 1 is 1.00 bits per heavy atom. The summed E-state index contributed by atoms with van der Waals surface area (Å²) in [5, 5.41) is 6.34. The lowest BCUT2D eigenvalue weighted by Gasteiger charge is -2.14. The van der Waals surface area contributed by atoms with Crippen molar-refractivity contribution in [3.63, 3.8) is 0 Å². The summed E-state index contributed by atoms with van der Waals surface area (Å²) in [6, 6.07) is 19.9. The summed E-state index contributed by atoms with van der Waals surface area (Å²) in [5.41, 5.74) is 5.77. The van der Waals surface area contributed by atoms with Gasteiger partial charge in [-0.25, -0.2) is 5.43 Å². The largest absolute Gasteiger partial charge is 0.481 e. The van der Waals surface area contributed by atoms with Gasteiger partial charge in [0.05, 0.1) is 6.21 Å². The monoisotopic (exact) mass is 346 g/mol. The highest BCUT2D eigenvalue weighted by molar-refractivity contribution is 5.91. The fourth-order valence-corrected chi connectivity index (χ4v) is 2.59. The van der Waals surface area contributed by atoms with E-state index >= 15 is 0 Å². The predicted octanol–water partition coefficient (Wildman–Crippen LogP) is 4.37. The van der Waals surface area contributed by atoms with Crippen LogP contribution in [-0.2, 0) is 4.79 Å². The van der Waals surface area contributed by atoms with Gasteiger partial charge in [0, 0.05) is 0 Å². The highest BCUT2D eigenvalue weighted by atomic mass is 16.5. The summed E-state index contributed by atoms with van der Waals surface area (Å²) in [5.74, 6) is 0.384. The molecule has 0 bridgehead atoms. The van der Waals surface area contributed by atoms with Gasteiger partial charge >= 0.3 is 0 Å². The second kappa shape index (κ2) is 7.83. The van der Waals surface area contributed by atoms with E-state index in [9.17, 15) is 4.79 Å². The van der Waals surface area contributed by atoms with E-state index in [0.29, 0.717) is 5.75 Å². The minimum atomic E-state index is -0.633. The number of hydrazone groups is 1. The van der Waals surface area contributed by atoms with Crippen LogP contribution in [0.5, 0.6) is 5.75 Å². The van der Waals surface area contributed by atoms with Gasteiger partial charge in [-0.15, -0.1) is 0 Å². The van der Waals surface area contributed by atoms with Gasteiger partial charge < -0.3 is 4.74 Å². The molecule has 0 saturated heterocycles. The molecule has 4 nitrogen and oxygen atoms in total. The third-order valence-electron chi connectivity index (χ3n) is 4.32. The van der Waals surface area contributed by atoms with Gasteiger partial charge in [0.15, 0.2) is 6.10 Å². The van der Waals surface area contributed by atoms with Crippen molar-refractivity contribution in [3.05, 3.63) is 77.4 Å². The second-order valence-electron chi connectivity index (χ2n) is 6.35. The summed E-state index contributed by atoms with van der Waals surface area (Å²) in [7, 11) is 0. The molecule has 0 saturated carbocycles. The molecule has 26 heavy (non-hydrogen) atoms. The second-order valence-corrected chi connectivity index (χ2v) is 6.35. The maximum Gasteiger partial charge on any atom is 0.280 e. The lowest BCUT2D eigenvalue weighted by atomic mass is 10.1. The molecule has 1 amide bonds. The van der Waals surface area contributed by atoms with E-state index in [4.69, 9.17) is 4.74 Å². The number of carbonyl (C=O) groups excluding carboxylic acids is 1. The van der Waals surface area contributed by atoms with Crippen molar-refractivity contribution in [2.24, 2.45) is 5.10 Å². The van der Waals surface area contributed by atoms with Crippen LogP contribution >= 0.6 is 0 Å². The first-order valence-electron chi connectivity index (χ1n) is 8.58. The van der Waals surface area contributed by atoms with Gasteiger partial charge in [-0.2, -0.15) is 5.10 Å². The van der Waals surface area contributed by atoms with Gasteiger partial charge in [0.1, 0.15) is 5.75 Å². The number of hydrogen-bond donors (Lipinski definition) is 1. The van der Waals surface area contributed by atoms with Crippen LogP contribution in [0.25, 0.3) is 10.8 Å². The molecule has 0 aromatic heterocycles. The number of ether oxygens (including phenoxy) is 1. The highest BCUT2D eigenvalue weighted by Crippen LogP contribution is 2.18. The zero-order valence-corrected chi connectivity index (χ0v) is 15.2. The van der Waals surface area contributed by atoms with Crippen LogP contribution in [0.3, 0.4) is 0 Å². The van der Waals surface area contributed by atoms with Crippen molar-refractivity contribution in [3.8, 4) is 5.75 Å². The summed E-state index contributed by atoms with van der Waals surface area (Å²) < 4.78 is 5.69. The molecule has 0 aliphatic heterocycles. The lowest BCUT2D eigenvalue weighted by Crippen LogP contribution is -2.33. The maximum absolute atomic E-state index is 12.2. The number of carbonyl (C=O) groups is 1. The Bertz CT molecular complexity index is 963. The number of fused-ring (bicyclic) bond motifs is 1. The zero-order valence-electron chi connectivity index (χ0n) is 15.2. The molecule has 4 heteroatoms. The van der Waals surface area contributed by atoms with E-state index in [1.165, 1.54) is 10.9 Å². The number of benzene rings is 3. The quantitative estimate of drug-likeness (QED) is 0.551. The van der Waals surface area contributed by atoms with Crippen LogP contribution in [0, 0.1) is 13.8 Å². The number of hydrogen-bond acceptors (Lipinski definition) is 3. The average Bonchev–Trinajstić information content (AvgIpc) is 2.64. The maximum atomic E-state index is 12.2. The fraction of sp³-hybridized carbons (Fsp3) is 0.182. The Morgan fingerprint density at radius 2 is 1.77 bits per heavy atom. The van der Waals surface area contributed by atoms with Crippen molar-refractivity contribution in [2.75, 3.05) is 0 Å². The van der Waals surface area contributed by atoms with E-state index in [0.717, 1.165) is 16.5 Å². The first kappa shape index (κ1) is 17.7. The highest BCUT2D eigenvalue weighted by Gasteiger charge is 2.14. The smallest absolute Gasteiger partial charge is 0.280 e. The molecule has 0 spiro atoms. The van der Waals surface area contributed by atoms with Crippen LogP contribution in [0.1, 0.15) is 23.6 Å². The van der Waals surface area contributed by atoms with Crippen LogP contribution in [-0.4, -0.2) is 18.2 Å². The summed E-state index contributed by atoms with van der Waals surface area (Å²) >= 11 is 0. The number of amides is 1. The number of aryl methyl sites for hydroxylation is 2. The molecule has 1 unspecified atom stereocenters. The zero-order chi connectivity index (χ0) is 18.5. The van der Waals surface area contributed by atoms with Gasteiger partial charge in [0.25, 0.3) is 5.91 Å². The summed E-state index contributed by atoms with van der Waals surface area (Å²) in [6.45, 7) is 5.76. The Kier molecular flexibility index (Phi) is 5.32. The molecule has 0 aliphatic rings. The molecule has 0 heterocycles. The van der Waals surface area contributed by atoms with Crippen LogP contribution in [0.2, 0.25) is 0 Å². The van der Waals surface area contributed by atoms with Crippen LogP contribution in [0.15, 0.2) is 65.8 Å². The molecular weight excluding hydrogens is 324 g/mol. The van der Waals surface area contributed by atoms with E-state index < -0.39 is 6.10 Å². The van der Waals surface area contributed by atoms with Gasteiger partial charge in [0.2, 0.25) is 0 Å². The van der Waals surface area contributed by atoms with Crippen molar-refractivity contribution in [1.82, 2.24) is 5.43 Å². The van der Waals surface area contributed by atoms with Crippen molar-refractivity contribution < 1.29 is 9.53 Å². The van der Waals surface area contributed by atoms with E-state index in [1.54, 1.807) is 13.1 Å². The lowest BCUT2D eigenvalue weighted by molar-refractivity contribution is -0.127. The molecule has 3 rings (SSSR count). The first-order chi connectivity index (χ1) is 12.5. The van der Waals surface area contributed by atoms with E-state index in [1.807, 2.05) is 68.4 Å². The molecule has 0 radical (unpaired) electrons. The molecule has 132 valence electrons. The minimum Gasteiger partial charge on any atom is -0.481 e. The topological polar surface area (TPSA) is 50.7 Å². The molecular formula is C22H22N2O2. The van der Waals surface area contributed by atoms with E-state index in [-0.39, 0.29) is 5.91 Å². The summed E-state index contributed by atoms with van der Waals surface area (Å²) in [4.78, 5) is 12.2.